The maximum Gasteiger partial charge on any atom is 0.181 e. The van der Waals surface area contributed by atoms with Gasteiger partial charge in [0.15, 0.2) is 17.3 Å². The van der Waals surface area contributed by atoms with E-state index in [1.54, 1.807) is 12.1 Å². The second-order valence-corrected chi connectivity index (χ2v) is 3.22. The fraction of sp³-hybridized carbons (Fsp3) is 0.364. The Morgan fingerprint density at radius 3 is 2.50 bits per heavy atom. The molecule has 0 heterocycles. The first-order valence-electron chi connectivity index (χ1n) is 4.76. The van der Waals surface area contributed by atoms with Crippen molar-refractivity contribution in [3.8, 4) is 11.5 Å². The largest absolute Gasteiger partial charge is 0.493 e. The summed E-state index contributed by atoms with van der Waals surface area (Å²) in [6.45, 7) is -0.382. The molecule has 1 atom stereocenters. The molecule has 88 valence electrons. The van der Waals surface area contributed by atoms with Crippen molar-refractivity contribution in [2.75, 3.05) is 20.8 Å². The van der Waals surface area contributed by atoms with Gasteiger partial charge in [-0.1, -0.05) is 0 Å². The molecule has 5 heteroatoms. The summed E-state index contributed by atoms with van der Waals surface area (Å²) >= 11 is 0. The van der Waals surface area contributed by atoms with Gasteiger partial charge in [0.2, 0.25) is 0 Å². The molecule has 1 aromatic carbocycles. The standard InChI is InChI=1S/C11H15NO4/c1-15-9-4-3-7(5-10(9)16-2)11(14)8(12)6-13/h3-5,8,13H,6,12H2,1-2H3. The van der Waals surface area contributed by atoms with Crippen LogP contribution >= 0.6 is 0 Å². The van der Waals surface area contributed by atoms with Crippen LogP contribution in [-0.2, 0) is 0 Å². The highest BCUT2D eigenvalue weighted by Gasteiger charge is 2.16. The molecule has 3 N–H and O–H groups in total. The number of hydrogen-bond acceptors (Lipinski definition) is 5. The molecule has 0 aliphatic rings. The van der Waals surface area contributed by atoms with Crippen molar-refractivity contribution in [2.45, 2.75) is 6.04 Å². The second-order valence-electron chi connectivity index (χ2n) is 3.22. The third-order valence-corrected chi connectivity index (χ3v) is 2.20. The zero-order chi connectivity index (χ0) is 12.1. The van der Waals surface area contributed by atoms with Gasteiger partial charge in [0.05, 0.1) is 26.9 Å². The number of Topliss-reactive ketones (excluding diaryl/α,β-unsaturated/α-hetero) is 1. The van der Waals surface area contributed by atoms with E-state index in [-0.39, 0.29) is 12.4 Å². The number of hydrogen-bond donors (Lipinski definition) is 2. The van der Waals surface area contributed by atoms with E-state index in [1.807, 2.05) is 0 Å². The van der Waals surface area contributed by atoms with Gasteiger partial charge in [-0.3, -0.25) is 4.79 Å². The zero-order valence-corrected chi connectivity index (χ0v) is 9.27. The van der Waals surface area contributed by atoms with E-state index >= 15 is 0 Å². The average molecular weight is 225 g/mol. The van der Waals surface area contributed by atoms with Gasteiger partial charge in [-0.05, 0) is 18.2 Å². The predicted octanol–water partition coefficient (Wildman–Crippen LogP) is 0.206. The third-order valence-electron chi connectivity index (χ3n) is 2.20. The van der Waals surface area contributed by atoms with Gasteiger partial charge in [0, 0.05) is 5.56 Å². The van der Waals surface area contributed by atoms with Gasteiger partial charge >= 0.3 is 0 Å². The Labute approximate surface area is 93.8 Å². The van der Waals surface area contributed by atoms with E-state index in [0.29, 0.717) is 17.1 Å². The Bertz CT molecular complexity index is 378. The van der Waals surface area contributed by atoms with Gasteiger partial charge < -0.3 is 20.3 Å². The third kappa shape index (κ3) is 2.50. The summed E-state index contributed by atoms with van der Waals surface area (Å²) in [6.07, 6.45) is 0. The molecular formula is C11H15NO4. The normalized spacial score (nSPS) is 12.0. The number of aliphatic hydroxyl groups excluding tert-OH is 1. The summed E-state index contributed by atoms with van der Waals surface area (Å²) in [7, 11) is 3.00. The van der Waals surface area contributed by atoms with Gasteiger partial charge in [0.1, 0.15) is 0 Å². The lowest BCUT2D eigenvalue weighted by Crippen LogP contribution is -2.33. The van der Waals surface area contributed by atoms with Crippen LogP contribution in [0.25, 0.3) is 0 Å². The van der Waals surface area contributed by atoms with Crippen LogP contribution in [0, 0.1) is 0 Å². The van der Waals surface area contributed by atoms with Crippen LogP contribution in [0.4, 0.5) is 0 Å². The van der Waals surface area contributed by atoms with Gasteiger partial charge in [-0.2, -0.15) is 0 Å². The van der Waals surface area contributed by atoms with E-state index in [0.717, 1.165) is 0 Å². The van der Waals surface area contributed by atoms with Crippen LogP contribution in [0.5, 0.6) is 11.5 Å². The molecule has 0 spiro atoms. The molecule has 0 fully saturated rings. The first-order valence-corrected chi connectivity index (χ1v) is 4.76. The minimum absolute atomic E-state index is 0.330. The number of carbonyl (C=O) groups is 1. The molecule has 0 aliphatic carbocycles. The lowest BCUT2D eigenvalue weighted by atomic mass is 10.0. The summed E-state index contributed by atoms with van der Waals surface area (Å²) in [6, 6.07) is 3.84. The number of ketones is 1. The highest BCUT2D eigenvalue weighted by Crippen LogP contribution is 2.27. The summed E-state index contributed by atoms with van der Waals surface area (Å²) in [5.41, 5.74) is 5.83. The number of methoxy groups -OCH3 is 2. The van der Waals surface area contributed by atoms with Gasteiger partial charge in [-0.25, -0.2) is 0 Å². The fourth-order valence-electron chi connectivity index (χ4n) is 1.29. The van der Waals surface area contributed by atoms with Gasteiger partial charge in [-0.15, -0.1) is 0 Å². The smallest absolute Gasteiger partial charge is 0.181 e. The first kappa shape index (κ1) is 12.5. The van der Waals surface area contributed by atoms with Crippen molar-refractivity contribution in [3.05, 3.63) is 23.8 Å². The number of ether oxygens (including phenoxy) is 2. The quantitative estimate of drug-likeness (QED) is 0.700. The molecule has 1 rings (SSSR count). The average Bonchev–Trinajstić information content (AvgIpc) is 2.35. The molecule has 0 radical (unpaired) electrons. The highest BCUT2D eigenvalue weighted by molar-refractivity contribution is 6.00. The number of nitrogens with two attached hydrogens (primary N) is 1. The van der Waals surface area contributed by atoms with Crippen molar-refractivity contribution in [3.63, 3.8) is 0 Å². The predicted molar refractivity (Wildman–Crippen MR) is 58.9 cm³/mol. The SMILES string of the molecule is COc1ccc(C(=O)C(N)CO)cc1OC. The summed E-state index contributed by atoms with van der Waals surface area (Å²) < 4.78 is 10.1. The number of benzene rings is 1. The Balaban J connectivity index is 3.03. The van der Waals surface area contributed by atoms with Crippen LogP contribution in [0.3, 0.4) is 0 Å². The van der Waals surface area contributed by atoms with Gasteiger partial charge in [0.25, 0.3) is 0 Å². The first-order chi connectivity index (χ1) is 7.63. The number of aliphatic hydroxyl groups is 1. The summed E-state index contributed by atoms with van der Waals surface area (Å²) in [5.74, 6) is 0.665. The monoisotopic (exact) mass is 225 g/mol. The molecular weight excluding hydrogens is 210 g/mol. The van der Waals surface area contributed by atoms with Crippen molar-refractivity contribution >= 4 is 5.78 Å². The molecule has 0 aromatic heterocycles. The van der Waals surface area contributed by atoms with Crippen LogP contribution in [0.1, 0.15) is 10.4 Å². The van der Waals surface area contributed by atoms with Crippen LogP contribution in [0.15, 0.2) is 18.2 Å². The number of carbonyl (C=O) groups excluding carboxylic acids is 1. The summed E-state index contributed by atoms with van der Waals surface area (Å²) in [5, 5.41) is 8.79. The minimum Gasteiger partial charge on any atom is -0.493 e. The molecule has 0 amide bonds. The Morgan fingerprint density at radius 1 is 1.38 bits per heavy atom. The molecule has 0 saturated heterocycles. The summed E-state index contributed by atoms with van der Waals surface area (Å²) in [4.78, 5) is 11.7. The Hall–Kier alpha value is -1.59. The zero-order valence-electron chi connectivity index (χ0n) is 9.27. The van der Waals surface area contributed by atoms with E-state index in [1.165, 1.54) is 20.3 Å². The highest BCUT2D eigenvalue weighted by atomic mass is 16.5. The maximum atomic E-state index is 11.7. The lowest BCUT2D eigenvalue weighted by Gasteiger charge is -2.11. The fourth-order valence-corrected chi connectivity index (χ4v) is 1.29. The Morgan fingerprint density at radius 2 is 2.00 bits per heavy atom. The molecule has 16 heavy (non-hydrogen) atoms. The number of rotatable bonds is 5. The minimum atomic E-state index is -0.905. The van der Waals surface area contributed by atoms with Crippen LogP contribution in [0.2, 0.25) is 0 Å². The van der Waals surface area contributed by atoms with E-state index < -0.39 is 6.04 Å². The molecule has 1 aromatic rings. The molecule has 0 bridgehead atoms. The molecule has 1 unspecified atom stereocenters. The Kier molecular flexibility index (Phi) is 4.28. The lowest BCUT2D eigenvalue weighted by molar-refractivity contribution is 0.0925. The van der Waals surface area contributed by atoms with Crippen molar-refractivity contribution in [1.29, 1.82) is 0 Å². The molecule has 5 nitrogen and oxygen atoms in total. The molecule has 0 saturated carbocycles. The second kappa shape index (κ2) is 5.48. The van der Waals surface area contributed by atoms with Crippen molar-refractivity contribution in [1.82, 2.24) is 0 Å². The van der Waals surface area contributed by atoms with Crippen molar-refractivity contribution < 1.29 is 19.4 Å². The van der Waals surface area contributed by atoms with Crippen LogP contribution in [-0.4, -0.2) is 37.8 Å². The van der Waals surface area contributed by atoms with E-state index in [4.69, 9.17) is 20.3 Å². The maximum absolute atomic E-state index is 11.7. The molecule has 0 aliphatic heterocycles. The topological polar surface area (TPSA) is 81.8 Å². The van der Waals surface area contributed by atoms with Crippen LogP contribution < -0.4 is 15.2 Å². The van der Waals surface area contributed by atoms with E-state index in [2.05, 4.69) is 0 Å². The van der Waals surface area contributed by atoms with E-state index in [9.17, 15) is 4.79 Å². The van der Waals surface area contributed by atoms with Crippen molar-refractivity contribution in [2.24, 2.45) is 5.73 Å².